The molecule has 1 aromatic rings. The SMILES string of the molecule is C=C1OB(c2cc(F)cc(CO[C@H](C)C(F)(F)F)c2)OC1(C)C. The summed E-state index contributed by atoms with van der Waals surface area (Å²) in [7, 11) is -0.855. The van der Waals surface area contributed by atoms with Gasteiger partial charge in [0.25, 0.3) is 0 Å². The van der Waals surface area contributed by atoms with Crippen molar-refractivity contribution in [2.75, 3.05) is 0 Å². The van der Waals surface area contributed by atoms with Crippen molar-refractivity contribution in [3.63, 3.8) is 0 Å². The molecule has 0 bridgehead atoms. The van der Waals surface area contributed by atoms with Crippen LogP contribution >= 0.6 is 0 Å². The van der Waals surface area contributed by atoms with E-state index >= 15 is 0 Å². The Balaban J connectivity index is 2.12. The van der Waals surface area contributed by atoms with E-state index in [4.69, 9.17) is 14.0 Å². The zero-order chi connectivity index (χ0) is 17.4. The van der Waals surface area contributed by atoms with Gasteiger partial charge in [0.15, 0.2) is 6.10 Å². The van der Waals surface area contributed by atoms with Crippen molar-refractivity contribution in [1.82, 2.24) is 0 Å². The fourth-order valence-electron chi connectivity index (χ4n) is 1.98. The van der Waals surface area contributed by atoms with E-state index in [1.54, 1.807) is 13.8 Å². The minimum absolute atomic E-state index is 0.263. The fraction of sp³-hybridized carbons (Fsp3) is 0.467. The topological polar surface area (TPSA) is 27.7 Å². The largest absolute Gasteiger partial charge is 0.563 e. The molecule has 1 fully saturated rings. The molecule has 2 rings (SSSR count). The summed E-state index contributed by atoms with van der Waals surface area (Å²) in [5.41, 5.74) is -0.105. The predicted octanol–water partition coefficient (Wildman–Crippen LogP) is 3.33. The normalized spacial score (nSPS) is 18.9. The zero-order valence-corrected chi connectivity index (χ0v) is 13.0. The second-order valence-corrected chi connectivity index (χ2v) is 5.89. The van der Waals surface area contributed by atoms with Gasteiger partial charge in [-0.1, -0.05) is 12.6 Å². The molecule has 1 aliphatic heterocycles. The van der Waals surface area contributed by atoms with Crippen LogP contribution < -0.4 is 5.46 Å². The van der Waals surface area contributed by atoms with E-state index in [2.05, 4.69) is 6.58 Å². The van der Waals surface area contributed by atoms with Crippen LogP contribution in [0.25, 0.3) is 0 Å². The van der Waals surface area contributed by atoms with Crippen molar-refractivity contribution in [3.05, 3.63) is 41.9 Å². The Morgan fingerprint density at radius 2 is 1.96 bits per heavy atom. The Morgan fingerprint density at radius 1 is 1.30 bits per heavy atom. The number of hydrogen-bond donors (Lipinski definition) is 0. The molecule has 0 spiro atoms. The van der Waals surface area contributed by atoms with Crippen LogP contribution in [0.2, 0.25) is 0 Å². The first-order valence-electron chi connectivity index (χ1n) is 7.00. The maximum Gasteiger partial charge on any atom is 0.563 e. The number of halogens is 4. The highest BCUT2D eigenvalue weighted by molar-refractivity contribution is 6.62. The number of rotatable bonds is 4. The predicted molar refractivity (Wildman–Crippen MR) is 77.5 cm³/mol. The van der Waals surface area contributed by atoms with Gasteiger partial charge in [-0.05, 0) is 38.5 Å². The molecule has 0 unspecified atom stereocenters. The van der Waals surface area contributed by atoms with Crippen molar-refractivity contribution >= 4 is 12.6 Å². The van der Waals surface area contributed by atoms with E-state index in [0.717, 1.165) is 13.0 Å². The molecule has 0 saturated carbocycles. The second kappa shape index (κ2) is 6.16. The third-order valence-corrected chi connectivity index (χ3v) is 3.54. The lowest BCUT2D eigenvalue weighted by molar-refractivity contribution is -0.217. The average Bonchev–Trinajstić information content (AvgIpc) is 2.68. The Hall–Kier alpha value is -1.54. The minimum atomic E-state index is -4.46. The van der Waals surface area contributed by atoms with Crippen molar-refractivity contribution in [1.29, 1.82) is 0 Å². The third-order valence-electron chi connectivity index (χ3n) is 3.54. The zero-order valence-electron chi connectivity index (χ0n) is 13.0. The summed E-state index contributed by atoms with van der Waals surface area (Å²) >= 11 is 0. The molecule has 8 heteroatoms. The van der Waals surface area contributed by atoms with Gasteiger partial charge in [-0.2, -0.15) is 13.2 Å². The molecule has 1 saturated heterocycles. The maximum absolute atomic E-state index is 13.7. The summed E-state index contributed by atoms with van der Waals surface area (Å²) < 4.78 is 66.8. The first-order chi connectivity index (χ1) is 10.5. The van der Waals surface area contributed by atoms with E-state index in [0.29, 0.717) is 11.2 Å². The smallest absolute Gasteiger partial charge is 0.534 e. The Labute approximate surface area is 132 Å². The first kappa shape index (κ1) is 17.8. The van der Waals surface area contributed by atoms with Gasteiger partial charge in [0, 0.05) is 5.46 Å². The van der Waals surface area contributed by atoms with Crippen LogP contribution in [0, 0.1) is 5.82 Å². The summed E-state index contributed by atoms with van der Waals surface area (Å²) in [5.74, 6) is -0.210. The summed E-state index contributed by atoms with van der Waals surface area (Å²) in [6, 6.07) is 3.81. The fourth-order valence-corrected chi connectivity index (χ4v) is 1.98. The van der Waals surface area contributed by atoms with Crippen LogP contribution in [0.4, 0.5) is 17.6 Å². The van der Waals surface area contributed by atoms with E-state index in [1.807, 2.05) is 0 Å². The summed E-state index contributed by atoms with van der Waals surface area (Å²) in [6.45, 7) is 7.76. The lowest BCUT2D eigenvalue weighted by Gasteiger charge is -2.17. The molecule has 0 radical (unpaired) electrons. The maximum atomic E-state index is 13.7. The van der Waals surface area contributed by atoms with Crippen LogP contribution in [0.3, 0.4) is 0 Å². The molecular weight excluding hydrogens is 315 g/mol. The molecular formula is C15H17BF4O3. The average molecular weight is 332 g/mol. The highest BCUT2D eigenvalue weighted by Gasteiger charge is 2.43. The van der Waals surface area contributed by atoms with Crippen LogP contribution in [-0.4, -0.2) is 25.0 Å². The van der Waals surface area contributed by atoms with Gasteiger partial charge >= 0.3 is 13.3 Å². The quantitative estimate of drug-likeness (QED) is 0.625. The molecule has 1 heterocycles. The monoisotopic (exact) mass is 332 g/mol. The molecule has 23 heavy (non-hydrogen) atoms. The first-order valence-corrected chi connectivity index (χ1v) is 7.00. The van der Waals surface area contributed by atoms with Crippen LogP contribution in [0.15, 0.2) is 30.5 Å². The van der Waals surface area contributed by atoms with Gasteiger partial charge < -0.3 is 14.0 Å². The molecule has 0 amide bonds. The lowest BCUT2D eigenvalue weighted by Crippen LogP contribution is -2.35. The van der Waals surface area contributed by atoms with Crippen LogP contribution in [0.1, 0.15) is 26.3 Å². The summed E-state index contributed by atoms with van der Waals surface area (Å²) in [6.07, 6.45) is -6.40. The number of ether oxygens (including phenoxy) is 1. The van der Waals surface area contributed by atoms with Crippen LogP contribution in [-0.2, 0) is 20.7 Å². The van der Waals surface area contributed by atoms with E-state index in [9.17, 15) is 17.6 Å². The lowest BCUT2D eigenvalue weighted by atomic mass is 9.78. The van der Waals surface area contributed by atoms with Gasteiger partial charge in [-0.25, -0.2) is 4.39 Å². The molecule has 1 aliphatic rings. The summed E-state index contributed by atoms with van der Waals surface area (Å²) in [5, 5.41) is 0. The van der Waals surface area contributed by atoms with E-state index in [-0.39, 0.29) is 12.2 Å². The standard InChI is InChI=1S/C15H17BF4O3/c1-9-14(3,4)23-16(22-9)12-5-11(6-13(17)7-12)8-21-10(2)15(18,19)20/h5-7,10H,1,8H2,2-4H3/t10-/m1/s1. The van der Waals surface area contributed by atoms with Crippen molar-refractivity contribution < 1.29 is 31.6 Å². The van der Waals surface area contributed by atoms with Crippen molar-refractivity contribution in [2.45, 2.75) is 45.3 Å². The Kier molecular flexibility index (Phi) is 4.77. The molecule has 126 valence electrons. The number of hydrogen-bond acceptors (Lipinski definition) is 3. The molecule has 1 aromatic carbocycles. The van der Waals surface area contributed by atoms with Crippen molar-refractivity contribution in [2.24, 2.45) is 0 Å². The van der Waals surface area contributed by atoms with Crippen molar-refractivity contribution in [3.8, 4) is 0 Å². The van der Waals surface area contributed by atoms with E-state index in [1.165, 1.54) is 12.1 Å². The highest BCUT2D eigenvalue weighted by Crippen LogP contribution is 2.29. The minimum Gasteiger partial charge on any atom is -0.534 e. The molecule has 0 aromatic heterocycles. The Bertz CT molecular complexity index is 601. The van der Waals surface area contributed by atoms with Gasteiger partial charge in [-0.3, -0.25) is 0 Å². The van der Waals surface area contributed by atoms with Crippen LogP contribution in [0.5, 0.6) is 0 Å². The number of benzene rings is 1. The number of alkyl halides is 3. The molecule has 0 N–H and O–H groups in total. The molecule has 3 nitrogen and oxygen atoms in total. The molecule has 1 atom stereocenters. The highest BCUT2D eigenvalue weighted by atomic mass is 19.4. The third kappa shape index (κ3) is 4.26. The van der Waals surface area contributed by atoms with Gasteiger partial charge in [-0.15, -0.1) is 0 Å². The van der Waals surface area contributed by atoms with Gasteiger partial charge in [0.1, 0.15) is 11.4 Å². The van der Waals surface area contributed by atoms with Gasteiger partial charge in [0.2, 0.25) is 0 Å². The van der Waals surface area contributed by atoms with E-state index < -0.39 is 30.8 Å². The second-order valence-electron chi connectivity index (χ2n) is 5.89. The molecule has 0 aliphatic carbocycles. The Morgan fingerprint density at radius 3 is 2.48 bits per heavy atom. The summed E-state index contributed by atoms with van der Waals surface area (Å²) in [4.78, 5) is 0. The van der Waals surface area contributed by atoms with Gasteiger partial charge in [0.05, 0.1) is 12.4 Å².